The Hall–Kier alpha value is -1.30. The Morgan fingerprint density at radius 3 is 2.88 bits per heavy atom. The lowest BCUT2D eigenvalue weighted by Crippen LogP contribution is -2.09. The summed E-state index contributed by atoms with van der Waals surface area (Å²) in [7, 11) is 0. The molecule has 1 aliphatic carbocycles. The van der Waals surface area contributed by atoms with Crippen LogP contribution in [-0.2, 0) is 6.54 Å². The molecule has 0 bridgehead atoms. The fraction of sp³-hybridized carbons (Fsp3) is 0.400. The molecule has 2 heterocycles. The Morgan fingerprint density at radius 1 is 1.44 bits per heavy atom. The van der Waals surface area contributed by atoms with Gasteiger partial charge in [-0.25, -0.2) is 9.67 Å². The minimum atomic E-state index is 0.637. The van der Waals surface area contributed by atoms with Gasteiger partial charge in [-0.3, -0.25) is 0 Å². The molecule has 2 aromatic heterocycles. The first-order valence-corrected chi connectivity index (χ1v) is 6.02. The molecule has 0 spiro atoms. The first kappa shape index (κ1) is 9.89. The van der Waals surface area contributed by atoms with Gasteiger partial charge in [0.05, 0.1) is 35.4 Å². The Bertz CT molecular complexity index is 511. The van der Waals surface area contributed by atoms with Gasteiger partial charge in [-0.2, -0.15) is 5.10 Å². The van der Waals surface area contributed by atoms with E-state index in [0.29, 0.717) is 18.4 Å². The van der Waals surface area contributed by atoms with Crippen molar-refractivity contribution in [2.24, 2.45) is 0 Å². The topological polar surface area (TPSA) is 61.7 Å². The Balaban J connectivity index is 1.88. The van der Waals surface area contributed by atoms with E-state index in [2.05, 4.69) is 30.6 Å². The van der Waals surface area contributed by atoms with E-state index in [0.717, 1.165) is 10.2 Å². The number of aromatic nitrogens is 4. The molecule has 0 radical (unpaired) electrons. The van der Waals surface area contributed by atoms with Gasteiger partial charge < -0.3 is 10.3 Å². The van der Waals surface area contributed by atoms with Crippen LogP contribution in [-0.4, -0.2) is 19.3 Å². The molecule has 3 rings (SSSR count). The van der Waals surface area contributed by atoms with E-state index in [1.165, 1.54) is 12.8 Å². The van der Waals surface area contributed by atoms with Crippen LogP contribution in [0.2, 0.25) is 0 Å². The van der Waals surface area contributed by atoms with Crippen LogP contribution in [0.4, 0.5) is 5.82 Å². The fourth-order valence-corrected chi connectivity index (χ4v) is 2.08. The summed E-state index contributed by atoms with van der Waals surface area (Å²) < 4.78 is 4.83. The Kier molecular flexibility index (Phi) is 2.24. The molecule has 0 unspecified atom stereocenters. The molecule has 0 saturated heterocycles. The van der Waals surface area contributed by atoms with Gasteiger partial charge in [0.25, 0.3) is 0 Å². The van der Waals surface area contributed by atoms with Crippen LogP contribution in [0, 0.1) is 0 Å². The number of hydrogen-bond donors (Lipinski definition) is 1. The van der Waals surface area contributed by atoms with Gasteiger partial charge in [-0.15, -0.1) is 0 Å². The average molecular weight is 282 g/mol. The van der Waals surface area contributed by atoms with Crippen LogP contribution >= 0.6 is 15.9 Å². The first-order chi connectivity index (χ1) is 7.75. The minimum absolute atomic E-state index is 0.637. The smallest absolute Gasteiger partial charge is 0.136 e. The molecular weight excluding hydrogens is 270 g/mol. The number of nitrogens with two attached hydrogens (primary N) is 1. The zero-order valence-electron chi connectivity index (χ0n) is 8.67. The van der Waals surface area contributed by atoms with Crippen molar-refractivity contribution in [2.75, 3.05) is 5.73 Å². The van der Waals surface area contributed by atoms with Crippen LogP contribution in [0.1, 0.15) is 24.6 Å². The van der Waals surface area contributed by atoms with Gasteiger partial charge in [-0.1, -0.05) is 0 Å². The van der Waals surface area contributed by atoms with Gasteiger partial charge >= 0.3 is 0 Å². The molecule has 1 aliphatic rings. The largest absolute Gasteiger partial charge is 0.383 e. The monoisotopic (exact) mass is 281 g/mol. The maximum Gasteiger partial charge on any atom is 0.136 e. The molecule has 6 heteroatoms. The highest BCUT2D eigenvalue weighted by Crippen LogP contribution is 2.35. The molecule has 2 aromatic rings. The maximum absolute atomic E-state index is 5.88. The third-order valence-corrected chi connectivity index (χ3v) is 3.44. The summed E-state index contributed by atoms with van der Waals surface area (Å²) in [6, 6.07) is 0.637. The highest BCUT2D eigenvalue weighted by Gasteiger charge is 2.25. The number of nitrogens with zero attached hydrogens (tertiary/aromatic N) is 4. The standard InChI is InChI=1S/C10H12BrN5/c11-9-4-14-16(10(9)12)5-8-3-13-6-15(8)7-1-2-7/h3-4,6-7H,1-2,5,12H2. The number of anilines is 1. The lowest BCUT2D eigenvalue weighted by atomic mass is 10.4. The van der Waals surface area contributed by atoms with E-state index in [-0.39, 0.29) is 0 Å². The molecule has 0 amide bonds. The summed E-state index contributed by atoms with van der Waals surface area (Å²) in [5, 5.41) is 4.21. The van der Waals surface area contributed by atoms with Gasteiger partial charge in [0.15, 0.2) is 0 Å². The van der Waals surface area contributed by atoms with Crippen LogP contribution in [0.25, 0.3) is 0 Å². The number of halogens is 1. The molecule has 5 nitrogen and oxygen atoms in total. The second-order valence-corrected chi connectivity index (χ2v) is 4.91. The normalized spacial score (nSPS) is 15.6. The molecule has 0 aromatic carbocycles. The van der Waals surface area contributed by atoms with Crippen molar-refractivity contribution in [2.45, 2.75) is 25.4 Å². The lowest BCUT2D eigenvalue weighted by molar-refractivity contribution is 0.621. The zero-order chi connectivity index (χ0) is 11.1. The van der Waals surface area contributed by atoms with E-state index in [1.54, 1.807) is 10.9 Å². The summed E-state index contributed by atoms with van der Waals surface area (Å²) in [6.07, 6.45) is 7.99. The molecular formula is C10H12BrN5. The summed E-state index contributed by atoms with van der Waals surface area (Å²) >= 11 is 3.35. The molecule has 0 atom stereocenters. The molecule has 2 N–H and O–H groups in total. The summed E-state index contributed by atoms with van der Waals surface area (Å²) in [4.78, 5) is 4.19. The number of rotatable bonds is 3. The van der Waals surface area contributed by atoms with E-state index in [4.69, 9.17) is 5.73 Å². The molecule has 0 aliphatic heterocycles. The van der Waals surface area contributed by atoms with Gasteiger partial charge in [0.1, 0.15) is 5.82 Å². The maximum atomic E-state index is 5.88. The van der Waals surface area contributed by atoms with E-state index >= 15 is 0 Å². The van der Waals surface area contributed by atoms with Crippen LogP contribution in [0.15, 0.2) is 23.2 Å². The quantitative estimate of drug-likeness (QED) is 0.933. The summed E-state index contributed by atoms with van der Waals surface area (Å²) in [6.45, 7) is 0.675. The van der Waals surface area contributed by atoms with Crippen LogP contribution in [0.5, 0.6) is 0 Å². The fourth-order valence-electron chi connectivity index (χ4n) is 1.79. The lowest BCUT2D eigenvalue weighted by Gasteiger charge is -2.07. The van der Waals surface area contributed by atoms with Crippen molar-refractivity contribution in [1.29, 1.82) is 0 Å². The van der Waals surface area contributed by atoms with Crippen molar-refractivity contribution < 1.29 is 0 Å². The average Bonchev–Trinajstić information content (AvgIpc) is 2.95. The molecule has 16 heavy (non-hydrogen) atoms. The van der Waals surface area contributed by atoms with E-state index in [1.807, 2.05) is 12.5 Å². The SMILES string of the molecule is Nc1c(Br)cnn1Cc1cncn1C1CC1. The van der Waals surface area contributed by atoms with Crippen molar-refractivity contribution in [3.8, 4) is 0 Å². The highest BCUT2D eigenvalue weighted by molar-refractivity contribution is 9.10. The molecule has 1 fully saturated rings. The van der Waals surface area contributed by atoms with Crippen molar-refractivity contribution >= 4 is 21.7 Å². The number of nitrogen functional groups attached to an aromatic ring is 1. The van der Waals surface area contributed by atoms with Crippen molar-refractivity contribution in [3.05, 3.63) is 28.9 Å². The van der Waals surface area contributed by atoms with E-state index < -0.39 is 0 Å². The number of hydrogen-bond acceptors (Lipinski definition) is 3. The highest BCUT2D eigenvalue weighted by atomic mass is 79.9. The second-order valence-electron chi connectivity index (χ2n) is 4.06. The third kappa shape index (κ3) is 1.63. The first-order valence-electron chi connectivity index (χ1n) is 5.23. The van der Waals surface area contributed by atoms with Gasteiger partial charge in [0, 0.05) is 6.04 Å². The van der Waals surface area contributed by atoms with Gasteiger partial charge in [0.2, 0.25) is 0 Å². The predicted molar refractivity (Wildman–Crippen MR) is 63.9 cm³/mol. The summed E-state index contributed by atoms with van der Waals surface area (Å²) in [5.41, 5.74) is 7.04. The third-order valence-electron chi connectivity index (χ3n) is 2.83. The van der Waals surface area contributed by atoms with Crippen LogP contribution in [0.3, 0.4) is 0 Å². The van der Waals surface area contributed by atoms with Gasteiger partial charge in [-0.05, 0) is 28.8 Å². The minimum Gasteiger partial charge on any atom is -0.383 e. The molecule has 1 saturated carbocycles. The summed E-state index contributed by atoms with van der Waals surface area (Å²) in [5.74, 6) is 0.656. The van der Waals surface area contributed by atoms with Crippen molar-refractivity contribution in [3.63, 3.8) is 0 Å². The van der Waals surface area contributed by atoms with Crippen molar-refractivity contribution in [1.82, 2.24) is 19.3 Å². The number of imidazole rings is 1. The Labute approximate surface area is 101 Å². The Morgan fingerprint density at radius 2 is 2.25 bits per heavy atom. The van der Waals surface area contributed by atoms with E-state index in [9.17, 15) is 0 Å². The van der Waals surface area contributed by atoms with Crippen LogP contribution < -0.4 is 5.73 Å². The predicted octanol–water partition coefficient (Wildman–Crippen LogP) is 1.81. The second kappa shape index (κ2) is 3.62. The zero-order valence-corrected chi connectivity index (χ0v) is 10.3. The molecule has 84 valence electrons.